The van der Waals surface area contributed by atoms with Crippen LogP contribution < -0.4 is 5.01 Å². The van der Waals surface area contributed by atoms with Gasteiger partial charge in [0.1, 0.15) is 0 Å². The molecule has 0 aliphatic carbocycles. The van der Waals surface area contributed by atoms with Crippen molar-refractivity contribution in [3.8, 4) is 0 Å². The highest BCUT2D eigenvalue weighted by molar-refractivity contribution is 6.24. The second-order valence-corrected chi connectivity index (χ2v) is 8.84. The van der Waals surface area contributed by atoms with Crippen molar-refractivity contribution in [1.29, 1.82) is 0 Å². The minimum absolute atomic E-state index is 0.182. The molecular weight excluding hydrogens is 400 g/mol. The summed E-state index contributed by atoms with van der Waals surface area (Å²) in [6.07, 6.45) is 0. The molecule has 1 aliphatic rings. The number of hydrazone groups is 1. The quantitative estimate of drug-likeness (QED) is 0.268. The zero-order chi connectivity index (χ0) is 21.8. The maximum absolute atomic E-state index is 5.16. The van der Waals surface area contributed by atoms with E-state index in [1.165, 1.54) is 43.4 Å². The van der Waals surface area contributed by atoms with E-state index in [1.54, 1.807) is 0 Å². The van der Waals surface area contributed by atoms with Crippen molar-refractivity contribution >= 4 is 43.7 Å². The molecule has 1 aliphatic heterocycles. The Kier molecular flexibility index (Phi) is 4.00. The third kappa shape index (κ3) is 2.84. The van der Waals surface area contributed by atoms with Crippen molar-refractivity contribution in [1.82, 2.24) is 0 Å². The van der Waals surface area contributed by atoms with E-state index in [4.69, 9.17) is 5.10 Å². The number of para-hydroxylation sites is 1. The Bertz CT molecular complexity index is 1630. The zero-order valence-electron chi connectivity index (χ0n) is 18.1. The SMILES string of the molecule is c1ccc(C2=NN(c3ccccc3)CC2c2cc3cccc4ccc5cccc2c5c43)cc1. The monoisotopic (exact) mass is 422 g/mol. The van der Waals surface area contributed by atoms with Crippen molar-refractivity contribution in [3.63, 3.8) is 0 Å². The molecule has 33 heavy (non-hydrogen) atoms. The van der Waals surface area contributed by atoms with Gasteiger partial charge in [0.05, 0.1) is 17.9 Å². The second-order valence-electron chi connectivity index (χ2n) is 8.84. The molecule has 0 amide bonds. The van der Waals surface area contributed by atoms with E-state index in [1.807, 2.05) is 0 Å². The summed E-state index contributed by atoms with van der Waals surface area (Å²) in [5.74, 6) is 0.182. The van der Waals surface area contributed by atoms with Crippen molar-refractivity contribution in [2.45, 2.75) is 5.92 Å². The fourth-order valence-electron chi connectivity index (χ4n) is 5.46. The molecule has 0 fully saturated rings. The zero-order valence-corrected chi connectivity index (χ0v) is 18.1. The summed E-state index contributed by atoms with van der Waals surface area (Å²) in [5, 5.41) is 15.3. The van der Waals surface area contributed by atoms with E-state index < -0.39 is 0 Å². The molecule has 0 radical (unpaired) electrons. The minimum atomic E-state index is 0.182. The van der Waals surface area contributed by atoms with Crippen LogP contribution in [0, 0.1) is 0 Å². The molecule has 0 bridgehead atoms. The highest BCUT2D eigenvalue weighted by atomic mass is 15.5. The van der Waals surface area contributed by atoms with Crippen molar-refractivity contribution in [2.75, 3.05) is 11.6 Å². The first kappa shape index (κ1) is 18.4. The van der Waals surface area contributed by atoms with E-state index in [9.17, 15) is 0 Å². The molecule has 1 unspecified atom stereocenters. The van der Waals surface area contributed by atoms with Crippen LogP contribution in [-0.2, 0) is 0 Å². The van der Waals surface area contributed by atoms with Gasteiger partial charge in [0.15, 0.2) is 0 Å². The van der Waals surface area contributed by atoms with E-state index in [0.717, 1.165) is 17.9 Å². The lowest BCUT2D eigenvalue weighted by Gasteiger charge is -2.20. The first-order valence-electron chi connectivity index (χ1n) is 11.5. The molecule has 0 aromatic heterocycles. The Hall–Kier alpha value is -4.17. The standard InChI is InChI=1S/C31H22N2/c1-3-9-23(10-4-1)31-28(20-33(32-31)25-14-5-2-6-15-25)27-19-24-13-7-11-21-17-18-22-12-8-16-26(27)30(22)29(21)24/h1-19,28H,20H2. The summed E-state index contributed by atoms with van der Waals surface area (Å²) < 4.78 is 0. The van der Waals surface area contributed by atoms with Crippen LogP contribution in [0.4, 0.5) is 5.69 Å². The molecule has 0 spiro atoms. The molecule has 6 aromatic rings. The van der Waals surface area contributed by atoms with Gasteiger partial charge in [-0.1, -0.05) is 97.1 Å². The Balaban J connectivity index is 1.49. The normalized spacial score (nSPS) is 16.2. The second kappa shape index (κ2) is 7.18. The molecule has 6 aromatic carbocycles. The first-order chi connectivity index (χ1) is 16.4. The molecule has 1 atom stereocenters. The highest BCUT2D eigenvalue weighted by Gasteiger charge is 2.31. The van der Waals surface area contributed by atoms with Gasteiger partial charge in [-0.25, -0.2) is 0 Å². The Labute approximate surface area is 192 Å². The van der Waals surface area contributed by atoms with Crippen LogP contribution in [0.3, 0.4) is 0 Å². The number of hydrogen-bond acceptors (Lipinski definition) is 2. The summed E-state index contributed by atoms with van der Waals surface area (Å²) in [7, 11) is 0. The van der Waals surface area contributed by atoms with Crippen molar-refractivity contribution in [3.05, 3.63) is 126 Å². The van der Waals surface area contributed by atoms with E-state index >= 15 is 0 Å². The summed E-state index contributed by atoms with van der Waals surface area (Å²) in [6.45, 7) is 0.828. The van der Waals surface area contributed by atoms with Crippen LogP contribution in [0.5, 0.6) is 0 Å². The van der Waals surface area contributed by atoms with Gasteiger partial charge in [-0.15, -0.1) is 0 Å². The molecule has 0 N–H and O–H groups in total. The number of benzene rings is 6. The lowest BCUT2D eigenvalue weighted by molar-refractivity contribution is 0.856. The number of rotatable bonds is 3. The lowest BCUT2D eigenvalue weighted by Crippen LogP contribution is -2.18. The van der Waals surface area contributed by atoms with E-state index in [0.29, 0.717) is 0 Å². The maximum Gasteiger partial charge on any atom is 0.0775 e. The van der Waals surface area contributed by atoms with Crippen LogP contribution in [0.15, 0.2) is 120 Å². The van der Waals surface area contributed by atoms with Crippen LogP contribution in [0.2, 0.25) is 0 Å². The molecule has 156 valence electrons. The molecular formula is C31H22N2. The van der Waals surface area contributed by atoms with Gasteiger partial charge < -0.3 is 0 Å². The topological polar surface area (TPSA) is 15.6 Å². The summed E-state index contributed by atoms with van der Waals surface area (Å²) in [6, 6.07) is 41.4. The van der Waals surface area contributed by atoms with Crippen molar-refractivity contribution < 1.29 is 0 Å². The van der Waals surface area contributed by atoms with Gasteiger partial charge in [-0.3, -0.25) is 5.01 Å². The molecule has 0 saturated carbocycles. The summed E-state index contributed by atoms with van der Waals surface area (Å²) >= 11 is 0. The first-order valence-corrected chi connectivity index (χ1v) is 11.5. The predicted molar refractivity (Wildman–Crippen MR) is 140 cm³/mol. The average molecular weight is 423 g/mol. The predicted octanol–water partition coefficient (Wildman–Crippen LogP) is 7.59. The minimum Gasteiger partial charge on any atom is -0.264 e. The Morgan fingerprint density at radius 3 is 2.06 bits per heavy atom. The molecule has 2 nitrogen and oxygen atoms in total. The number of nitrogens with zero attached hydrogens (tertiary/aromatic N) is 2. The molecule has 0 saturated heterocycles. The third-order valence-corrected chi connectivity index (χ3v) is 6.95. The maximum atomic E-state index is 5.16. The van der Waals surface area contributed by atoms with Gasteiger partial charge in [0, 0.05) is 5.92 Å². The number of anilines is 1. The third-order valence-electron chi connectivity index (χ3n) is 6.95. The van der Waals surface area contributed by atoms with Gasteiger partial charge in [0.2, 0.25) is 0 Å². The molecule has 2 heteroatoms. The van der Waals surface area contributed by atoms with Gasteiger partial charge in [-0.05, 0) is 61.6 Å². The Morgan fingerprint density at radius 1 is 0.606 bits per heavy atom. The van der Waals surface area contributed by atoms with Crippen LogP contribution >= 0.6 is 0 Å². The van der Waals surface area contributed by atoms with Gasteiger partial charge in [-0.2, -0.15) is 5.10 Å². The number of hydrogen-bond donors (Lipinski definition) is 0. The van der Waals surface area contributed by atoms with Gasteiger partial charge >= 0.3 is 0 Å². The fourth-order valence-corrected chi connectivity index (χ4v) is 5.46. The van der Waals surface area contributed by atoms with Crippen LogP contribution in [0.25, 0.3) is 32.3 Å². The average Bonchev–Trinajstić information content (AvgIpc) is 3.34. The summed E-state index contributed by atoms with van der Waals surface area (Å²) in [5.41, 5.74) is 4.80. The van der Waals surface area contributed by atoms with Crippen LogP contribution in [0.1, 0.15) is 17.0 Å². The molecule has 7 rings (SSSR count). The van der Waals surface area contributed by atoms with Crippen LogP contribution in [-0.4, -0.2) is 12.3 Å². The van der Waals surface area contributed by atoms with E-state index in [2.05, 4.69) is 120 Å². The fraction of sp³-hybridized carbons (Fsp3) is 0.0645. The summed E-state index contributed by atoms with van der Waals surface area (Å²) in [4.78, 5) is 0. The largest absolute Gasteiger partial charge is 0.264 e. The highest BCUT2D eigenvalue weighted by Crippen LogP contribution is 2.41. The lowest BCUT2D eigenvalue weighted by atomic mass is 9.83. The van der Waals surface area contributed by atoms with Crippen molar-refractivity contribution in [2.24, 2.45) is 5.10 Å². The van der Waals surface area contributed by atoms with E-state index in [-0.39, 0.29) is 5.92 Å². The smallest absolute Gasteiger partial charge is 0.0775 e. The molecule has 1 heterocycles. The van der Waals surface area contributed by atoms with Gasteiger partial charge in [0.25, 0.3) is 0 Å². The Morgan fingerprint density at radius 2 is 1.27 bits per heavy atom.